The summed E-state index contributed by atoms with van der Waals surface area (Å²) >= 11 is 11.5. The van der Waals surface area contributed by atoms with Crippen LogP contribution in [0.3, 0.4) is 0 Å². The van der Waals surface area contributed by atoms with Gasteiger partial charge in [0.25, 0.3) is 0 Å². The Hall–Kier alpha value is -1.34. The Balaban J connectivity index is 2.41. The molecular formula is C11H7Cl2F3O4. The molecule has 0 aromatic heterocycles. The first-order valence-corrected chi connectivity index (χ1v) is 6.05. The Morgan fingerprint density at radius 2 is 2.05 bits per heavy atom. The van der Waals surface area contributed by atoms with Gasteiger partial charge in [-0.05, 0) is 12.1 Å². The molecule has 20 heavy (non-hydrogen) atoms. The zero-order chi connectivity index (χ0) is 15.1. The first-order valence-electron chi connectivity index (χ1n) is 5.29. The lowest BCUT2D eigenvalue weighted by molar-refractivity contribution is -0.225. The van der Waals surface area contributed by atoms with Crippen LogP contribution in [0, 0.1) is 0 Å². The molecule has 1 aliphatic heterocycles. The number of rotatable bonds is 1. The number of halogens is 5. The van der Waals surface area contributed by atoms with Crippen molar-refractivity contribution in [1.29, 1.82) is 0 Å². The predicted molar refractivity (Wildman–Crippen MR) is 63.5 cm³/mol. The van der Waals surface area contributed by atoms with Crippen molar-refractivity contribution in [3.8, 4) is 5.75 Å². The highest BCUT2D eigenvalue weighted by Crippen LogP contribution is 2.41. The Labute approximate surface area is 121 Å². The molecule has 0 amide bonds. The van der Waals surface area contributed by atoms with Gasteiger partial charge in [0.15, 0.2) is 6.10 Å². The molecule has 0 aliphatic carbocycles. The van der Waals surface area contributed by atoms with Gasteiger partial charge >= 0.3 is 12.3 Å². The fraction of sp³-hybridized carbons (Fsp3) is 0.364. The smallest absolute Gasteiger partial charge is 0.475 e. The summed E-state index contributed by atoms with van der Waals surface area (Å²) < 4.78 is 47.7. The summed E-state index contributed by atoms with van der Waals surface area (Å²) in [4.78, 5) is 10.5. The van der Waals surface area contributed by atoms with Crippen molar-refractivity contribution in [3.05, 3.63) is 27.7 Å². The van der Waals surface area contributed by atoms with E-state index in [2.05, 4.69) is 4.74 Å². The molecule has 1 N–H and O–H groups in total. The number of hydrogen-bond donors (Lipinski definition) is 1. The maximum absolute atomic E-state index is 12.9. The average molecular weight is 331 g/mol. The van der Waals surface area contributed by atoms with Crippen molar-refractivity contribution in [3.63, 3.8) is 0 Å². The monoisotopic (exact) mass is 330 g/mol. The van der Waals surface area contributed by atoms with Crippen molar-refractivity contribution in [2.45, 2.75) is 24.8 Å². The van der Waals surface area contributed by atoms with E-state index in [1.165, 1.54) is 12.1 Å². The molecule has 1 heterocycles. The fourth-order valence-corrected chi connectivity index (χ4v) is 2.51. The van der Waals surface area contributed by atoms with Crippen LogP contribution in [0.25, 0.3) is 0 Å². The van der Waals surface area contributed by atoms with E-state index in [1.54, 1.807) is 0 Å². The van der Waals surface area contributed by atoms with Crippen LogP contribution < -0.4 is 4.74 Å². The first-order chi connectivity index (χ1) is 9.18. The molecule has 0 saturated carbocycles. The van der Waals surface area contributed by atoms with Gasteiger partial charge < -0.3 is 14.6 Å². The summed E-state index contributed by atoms with van der Waals surface area (Å²) in [5.74, 6) is -0.163. The van der Waals surface area contributed by atoms with Gasteiger partial charge in [-0.2, -0.15) is 13.2 Å². The molecule has 1 aromatic carbocycles. The molecule has 0 saturated heterocycles. The molecule has 0 spiro atoms. The van der Waals surface area contributed by atoms with Gasteiger partial charge in [-0.1, -0.05) is 23.2 Å². The molecule has 110 valence electrons. The van der Waals surface area contributed by atoms with E-state index in [1.807, 2.05) is 0 Å². The predicted octanol–water partition coefficient (Wildman–Crippen LogP) is 3.92. The van der Waals surface area contributed by atoms with Crippen LogP contribution in [0.5, 0.6) is 5.75 Å². The van der Waals surface area contributed by atoms with Gasteiger partial charge in [0.2, 0.25) is 6.10 Å². The third kappa shape index (κ3) is 3.04. The second kappa shape index (κ2) is 5.21. The number of benzene rings is 1. The lowest BCUT2D eigenvalue weighted by Gasteiger charge is -2.33. The molecule has 1 aliphatic rings. The van der Waals surface area contributed by atoms with Gasteiger partial charge in [-0.15, -0.1) is 0 Å². The summed E-state index contributed by atoms with van der Waals surface area (Å²) in [5, 5.41) is 8.64. The van der Waals surface area contributed by atoms with Crippen LogP contribution >= 0.6 is 23.2 Å². The number of alkyl halides is 3. The Morgan fingerprint density at radius 1 is 1.40 bits per heavy atom. The fourth-order valence-electron chi connectivity index (χ4n) is 1.93. The van der Waals surface area contributed by atoms with Gasteiger partial charge in [-0.25, -0.2) is 4.79 Å². The first kappa shape index (κ1) is 15.1. The van der Waals surface area contributed by atoms with E-state index in [0.717, 1.165) is 0 Å². The average Bonchev–Trinajstić information content (AvgIpc) is 2.25. The minimum Gasteiger partial charge on any atom is -0.475 e. The van der Waals surface area contributed by atoms with Crippen LogP contribution in [-0.4, -0.2) is 29.6 Å². The number of carboxylic acid groups (broad SMARTS) is 1. The van der Waals surface area contributed by atoms with E-state index in [4.69, 9.17) is 33.0 Å². The van der Waals surface area contributed by atoms with Crippen molar-refractivity contribution >= 4 is 29.4 Å². The Kier molecular flexibility index (Phi) is 3.93. The van der Waals surface area contributed by atoms with Gasteiger partial charge in [0, 0.05) is 17.0 Å². The van der Waals surface area contributed by atoms with Crippen LogP contribution in [0.1, 0.15) is 5.56 Å². The number of fused-ring (bicyclic) bond motifs is 1. The van der Waals surface area contributed by atoms with Crippen LogP contribution in [0.2, 0.25) is 10.0 Å². The van der Waals surface area contributed by atoms with Crippen molar-refractivity contribution in [2.75, 3.05) is 0 Å². The lowest BCUT2D eigenvalue weighted by Crippen LogP contribution is -2.49. The summed E-state index contributed by atoms with van der Waals surface area (Å²) in [6, 6.07) is 2.60. The minimum absolute atomic E-state index is 0.0736. The Bertz CT molecular complexity index is 547. The quantitative estimate of drug-likeness (QED) is 0.793. The molecule has 0 fully saturated rings. The third-order valence-electron chi connectivity index (χ3n) is 2.66. The molecule has 2 rings (SSSR count). The SMILES string of the molecule is O=C(O)O[C@@H]1Cc2cc(Cl)cc(Cl)c2O[C@@H]1C(F)(F)F. The largest absolute Gasteiger partial charge is 0.506 e. The van der Waals surface area contributed by atoms with Crippen molar-refractivity contribution < 1.29 is 32.5 Å². The number of hydrogen-bond acceptors (Lipinski definition) is 3. The van der Waals surface area contributed by atoms with E-state index in [-0.39, 0.29) is 27.8 Å². The van der Waals surface area contributed by atoms with Crippen LogP contribution in [0.15, 0.2) is 12.1 Å². The van der Waals surface area contributed by atoms with E-state index in [9.17, 15) is 18.0 Å². The molecule has 0 unspecified atom stereocenters. The lowest BCUT2D eigenvalue weighted by atomic mass is 9.99. The minimum atomic E-state index is -4.79. The molecule has 4 nitrogen and oxygen atoms in total. The number of ether oxygens (including phenoxy) is 2. The van der Waals surface area contributed by atoms with Crippen LogP contribution in [0.4, 0.5) is 18.0 Å². The van der Waals surface area contributed by atoms with Crippen molar-refractivity contribution in [1.82, 2.24) is 0 Å². The van der Waals surface area contributed by atoms with E-state index < -0.39 is 24.5 Å². The summed E-state index contributed by atoms with van der Waals surface area (Å²) in [5.41, 5.74) is 0.259. The van der Waals surface area contributed by atoms with E-state index in [0.29, 0.717) is 0 Å². The molecule has 2 atom stereocenters. The summed E-state index contributed by atoms with van der Waals surface area (Å²) in [6.45, 7) is 0. The van der Waals surface area contributed by atoms with Crippen molar-refractivity contribution in [2.24, 2.45) is 0 Å². The molecule has 1 aromatic rings. The highest BCUT2D eigenvalue weighted by molar-refractivity contribution is 6.35. The summed E-state index contributed by atoms with van der Waals surface area (Å²) in [6.07, 6.45) is -11.1. The van der Waals surface area contributed by atoms with Gasteiger partial charge in [0.1, 0.15) is 5.75 Å². The zero-order valence-corrected chi connectivity index (χ0v) is 11.1. The standard InChI is InChI=1S/C11H7Cl2F3O4/c12-5-1-4-2-7(19-10(17)18)9(11(14,15)16)20-8(4)6(13)3-5/h1,3,7,9H,2H2,(H,17,18)/t7-,9+/m1/s1. The number of carbonyl (C=O) groups is 1. The maximum atomic E-state index is 12.9. The highest BCUT2D eigenvalue weighted by Gasteiger charge is 2.51. The molecule has 0 radical (unpaired) electrons. The second-order valence-electron chi connectivity index (χ2n) is 4.08. The molecule has 9 heteroatoms. The summed E-state index contributed by atoms with van der Waals surface area (Å²) in [7, 11) is 0. The van der Waals surface area contributed by atoms with Gasteiger partial charge in [-0.3, -0.25) is 0 Å². The van der Waals surface area contributed by atoms with Crippen LogP contribution in [-0.2, 0) is 11.2 Å². The maximum Gasteiger partial charge on any atom is 0.506 e. The van der Waals surface area contributed by atoms with Gasteiger partial charge in [0.05, 0.1) is 5.02 Å². The zero-order valence-electron chi connectivity index (χ0n) is 9.58. The molecule has 0 bridgehead atoms. The normalized spacial score (nSPS) is 21.9. The topological polar surface area (TPSA) is 55.8 Å². The Morgan fingerprint density at radius 3 is 2.60 bits per heavy atom. The molecular weight excluding hydrogens is 324 g/mol. The second-order valence-corrected chi connectivity index (χ2v) is 4.93. The highest BCUT2D eigenvalue weighted by atomic mass is 35.5. The van der Waals surface area contributed by atoms with E-state index >= 15 is 0 Å². The third-order valence-corrected chi connectivity index (χ3v) is 3.16.